The zero-order valence-electron chi connectivity index (χ0n) is 14.2. The largest absolute Gasteiger partial charge is 0.456 e. The quantitative estimate of drug-likeness (QED) is 0.660. The zero-order chi connectivity index (χ0) is 18.8. The van der Waals surface area contributed by atoms with Gasteiger partial charge in [-0.25, -0.2) is 4.79 Å². The number of aryl methyl sites for hydroxylation is 2. The monoisotopic (exact) mass is 434 g/mol. The lowest BCUT2D eigenvalue weighted by Gasteiger charge is -2.11. The Morgan fingerprint density at radius 1 is 1.12 bits per heavy atom. The van der Waals surface area contributed by atoms with E-state index in [-0.39, 0.29) is 11.0 Å². The van der Waals surface area contributed by atoms with Crippen molar-refractivity contribution < 1.29 is 4.74 Å². The summed E-state index contributed by atoms with van der Waals surface area (Å²) in [5.74, 6) is 1.25. The SMILES string of the molecule is Cc1ccc(Oc2ccc(Cn3cc(Br)c(=O)[nH]c3=O)cc2Cl)cc1C. The molecule has 26 heavy (non-hydrogen) atoms. The van der Waals surface area contributed by atoms with Crippen molar-refractivity contribution in [2.24, 2.45) is 0 Å². The molecule has 0 spiro atoms. The zero-order valence-corrected chi connectivity index (χ0v) is 16.5. The lowest BCUT2D eigenvalue weighted by atomic mass is 10.1. The normalized spacial score (nSPS) is 10.8. The molecule has 0 fully saturated rings. The first-order chi connectivity index (χ1) is 12.3. The third-order valence-corrected chi connectivity index (χ3v) is 4.88. The summed E-state index contributed by atoms with van der Waals surface area (Å²) in [7, 11) is 0. The van der Waals surface area contributed by atoms with Gasteiger partial charge in [0.25, 0.3) is 5.56 Å². The number of nitrogens with one attached hydrogen (secondary N) is 1. The van der Waals surface area contributed by atoms with Crippen molar-refractivity contribution in [3.05, 3.63) is 89.6 Å². The van der Waals surface area contributed by atoms with Gasteiger partial charge in [-0.1, -0.05) is 23.7 Å². The van der Waals surface area contributed by atoms with E-state index in [1.165, 1.54) is 16.3 Å². The van der Waals surface area contributed by atoms with Crippen LogP contribution in [-0.4, -0.2) is 9.55 Å². The van der Waals surface area contributed by atoms with Crippen LogP contribution in [0.15, 0.2) is 56.7 Å². The van der Waals surface area contributed by atoms with Crippen LogP contribution in [-0.2, 0) is 6.54 Å². The molecule has 2 aromatic carbocycles. The highest BCUT2D eigenvalue weighted by Crippen LogP contribution is 2.31. The molecule has 0 atom stereocenters. The van der Waals surface area contributed by atoms with Gasteiger partial charge in [0.05, 0.1) is 16.0 Å². The van der Waals surface area contributed by atoms with Crippen LogP contribution >= 0.6 is 27.5 Å². The third kappa shape index (κ3) is 4.08. The fourth-order valence-electron chi connectivity index (χ4n) is 2.43. The van der Waals surface area contributed by atoms with Gasteiger partial charge in [-0.05, 0) is 70.7 Å². The first-order valence-electron chi connectivity index (χ1n) is 7.86. The van der Waals surface area contributed by atoms with Gasteiger partial charge in [0, 0.05) is 6.20 Å². The van der Waals surface area contributed by atoms with Crippen molar-refractivity contribution in [3.63, 3.8) is 0 Å². The molecular formula is C19H16BrClN2O3. The van der Waals surface area contributed by atoms with Crippen LogP contribution in [0.4, 0.5) is 0 Å². The number of aromatic amines is 1. The minimum Gasteiger partial charge on any atom is -0.456 e. The third-order valence-electron chi connectivity index (χ3n) is 4.02. The van der Waals surface area contributed by atoms with Crippen molar-refractivity contribution >= 4 is 27.5 Å². The number of hydrogen-bond donors (Lipinski definition) is 1. The second-order valence-corrected chi connectivity index (χ2v) is 7.24. The van der Waals surface area contributed by atoms with Gasteiger partial charge in [-0.3, -0.25) is 14.3 Å². The van der Waals surface area contributed by atoms with Crippen LogP contribution < -0.4 is 16.0 Å². The van der Waals surface area contributed by atoms with Gasteiger partial charge in [-0.15, -0.1) is 0 Å². The Bertz CT molecular complexity index is 1090. The van der Waals surface area contributed by atoms with E-state index in [9.17, 15) is 9.59 Å². The summed E-state index contributed by atoms with van der Waals surface area (Å²) in [5.41, 5.74) is 2.20. The number of halogens is 2. The van der Waals surface area contributed by atoms with E-state index in [4.69, 9.17) is 16.3 Å². The van der Waals surface area contributed by atoms with Crippen LogP contribution in [0.25, 0.3) is 0 Å². The predicted molar refractivity (Wildman–Crippen MR) is 106 cm³/mol. The lowest BCUT2D eigenvalue weighted by molar-refractivity contribution is 0.482. The van der Waals surface area contributed by atoms with E-state index in [0.717, 1.165) is 11.1 Å². The van der Waals surface area contributed by atoms with Gasteiger partial charge in [0.15, 0.2) is 0 Å². The molecule has 3 aromatic rings. The predicted octanol–water partition coefficient (Wildman–Crippen LogP) is 4.41. The molecule has 0 radical (unpaired) electrons. The van der Waals surface area contributed by atoms with E-state index >= 15 is 0 Å². The maximum absolute atomic E-state index is 11.9. The molecule has 0 aliphatic rings. The van der Waals surface area contributed by atoms with E-state index in [0.29, 0.717) is 16.5 Å². The number of hydrogen-bond acceptors (Lipinski definition) is 3. The van der Waals surface area contributed by atoms with E-state index < -0.39 is 11.2 Å². The summed E-state index contributed by atoms with van der Waals surface area (Å²) in [6.45, 7) is 4.34. The molecule has 7 heteroatoms. The Balaban J connectivity index is 1.83. The topological polar surface area (TPSA) is 64.1 Å². The average molecular weight is 436 g/mol. The highest BCUT2D eigenvalue weighted by Gasteiger charge is 2.08. The van der Waals surface area contributed by atoms with Crippen LogP contribution in [0.2, 0.25) is 5.02 Å². The molecule has 0 saturated heterocycles. The van der Waals surface area contributed by atoms with Gasteiger partial charge < -0.3 is 4.74 Å². The minimum absolute atomic E-state index is 0.276. The van der Waals surface area contributed by atoms with Crippen molar-refractivity contribution in [2.45, 2.75) is 20.4 Å². The number of nitrogens with zero attached hydrogens (tertiary/aromatic N) is 1. The molecule has 1 N–H and O–H groups in total. The molecule has 0 amide bonds. The summed E-state index contributed by atoms with van der Waals surface area (Å²) in [6.07, 6.45) is 1.45. The average Bonchev–Trinajstić information content (AvgIpc) is 2.58. The number of benzene rings is 2. The molecule has 0 aliphatic carbocycles. The van der Waals surface area contributed by atoms with E-state index in [2.05, 4.69) is 20.9 Å². The first-order valence-corrected chi connectivity index (χ1v) is 9.03. The van der Waals surface area contributed by atoms with Crippen LogP contribution in [0.3, 0.4) is 0 Å². The molecule has 1 heterocycles. The fraction of sp³-hybridized carbons (Fsp3) is 0.158. The summed E-state index contributed by atoms with van der Waals surface area (Å²) >= 11 is 9.45. The second-order valence-electron chi connectivity index (χ2n) is 5.98. The van der Waals surface area contributed by atoms with Gasteiger partial charge in [0.1, 0.15) is 11.5 Å². The van der Waals surface area contributed by atoms with Crippen LogP contribution in [0.1, 0.15) is 16.7 Å². The Labute approximate surface area is 163 Å². The Morgan fingerprint density at radius 3 is 2.58 bits per heavy atom. The van der Waals surface area contributed by atoms with Crippen molar-refractivity contribution in [1.82, 2.24) is 9.55 Å². The standard InChI is InChI=1S/C19H16BrClN2O3/c1-11-3-5-14(7-12(11)2)26-17-6-4-13(8-16(17)21)9-23-10-15(20)18(24)22-19(23)25/h3-8,10H,9H2,1-2H3,(H,22,24,25). The molecular weight excluding hydrogens is 420 g/mol. The molecule has 1 aromatic heterocycles. The number of ether oxygens (including phenoxy) is 1. The summed E-state index contributed by atoms with van der Waals surface area (Å²) in [4.78, 5) is 25.5. The maximum Gasteiger partial charge on any atom is 0.328 e. The molecule has 3 rings (SSSR count). The Morgan fingerprint density at radius 2 is 1.88 bits per heavy atom. The fourth-order valence-corrected chi connectivity index (χ4v) is 3.01. The molecule has 0 saturated carbocycles. The van der Waals surface area contributed by atoms with Gasteiger partial charge in [0.2, 0.25) is 0 Å². The smallest absolute Gasteiger partial charge is 0.328 e. The minimum atomic E-state index is -0.482. The van der Waals surface area contributed by atoms with Crippen molar-refractivity contribution in [2.75, 3.05) is 0 Å². The van der Waals surface area contributed by atoms with Crippen molar-refractivity contribution in [1.29, 1.82) is 0 Å². The van der Waals surface area contributed by atoms with Crippen LogP contribution in [0.5, 0.6) is 11.5 Å². The Hall–Kier alpha value is -2.31. The second kappa shape index (κ2) is 7.51. The molecule has 0 unspecified atom stereocenters. The number of rotatable bonds is 4. The summed E-state index contributed by atoms with van der Waals surface area (Å²) in [5, 5.41) is 0.442. The summed E-state index contributed by atoms with van der Waals surface area (Å²) < 4.78 is 7.53. The molecule has 134 valence electrons. The summed E-state index contributed by atoms with van der Waals surface area (Å²) in [6, 6.07) is 11.2. The van der Waals surface area contributed by atoms with E-state index in [1.807, 2.05) is 38.1 Å². The highest BCUT2D eigenvalue weighted by atomic mass is 79.9. The number of H-pyrrole nitrogens is 1. The molecule has 5 nitrogen and oxygen atoms in total. The molecule has 0 aliphatic heterocycles. The Kier molecular flexibility index (Phi) is 5.34. The van der Waals surface area contributed by atoms with Gasteiger partial charge in [-0.2, -0.15) is 0 Å². The maximum atomic E-state index is 11.9. The first kappa shape index (κ1) is 18.5. The highest BCUT2D eigenvalue weighted by molar-refractivity contribution is 9.10. The van der Waals surface area contributed by atoms with E-state index in [1.54, 1.807) is 12.1 Å². The lowest BCUT2D eigenvalue weighted by Crippen LogP contribution is -2.30. The van der Waals surface area contributed by atoms with Crippen LogP contribution in [0, 0.1) is 13.8 Å². The molecule has 0 bridgehead atoms. The van der Waals surface area contributed by atoms with Gasteiger partial charge >= 0.3 is 5.69 Å². The number of aromatic nitrogens is 2. The van der Waals surface area contributed by atoms with Crippen molar-refractivity contribution in [3.8, 4) is 11.5 Å².